The minimum absolute atomic E-state index is 0.178. The van der Waals surface area contributed by atoms with Crippen LogP contribution in [0.1, 0.15) is 31.9 Å². The number of methoxy groups -OCH3 is 1. The molecule has 0 spiro atoms. The molecule has 24 heavy (non-hydrogen) atoms. The molecule has 134 valence electrons. The van der Waals surface area contributed by atoms with E-state index in [9.17, 15) is 0 Å². The highest BCUT2D eigenvalue weighted by atomic mass is 16.5. The Hall–Kier alpha value is -1.95. The minimum Gasteiger partial charge on any atom is -0.494 e. The number of rotatable bonds is 7. The second-order valence-corrected chi connectivity index (χ2v) is 6.06. The lowest BCUT2D eigenvalue weighted by Crippen LogP contribution is -2.43. The summed E-state index contributed by atoms with van der Waals surface area (Å²) in [4.78, 5) is 4.25. The van der Waals surface area contributed by atoms with Gasteiger partial charge in [0.2, 0.25) is 0 Å². The van der Waals surface area contributed by atoms with Gasteiger partial charge in [0.1, 0.15) is 17.6 Å². The second kappa shape index (κ2) is 8.78. The van der Waals surface area contributed by atoms with E-state index in [1.165, 1.54) is 5.56 Å². The minimum atomic E-state index is 0.178. The number of nitrogens with zero attached hydrogens (tertiary/aromatic N) is 1. The Morgan fingerprint density at radius 3 is 2.92 bits per heavy atom. The Balaban J connectivity index is 2.06. The number of aliphatic imine (C=N–C) groups is 1. The van der Waals surface area contributed by atoms with Gasteiger partial charge in [0.05, 0.1) is 13.2 Å². The van der Waals surface area contributed by atoms with Gasteiger partial charge >= 0.3 is 0 Å². The van der Waals surface area contributed by atoms with E-state index in [1.54, 1.807) is 14.2 Å². The van der Waals surface area contributed by atoms with E-state index in [1.807, 2.05) is 13.8 Å². The first-order valence-corrected chi connectivity index (χ1v) is 8.48. The van der Waals surface area contributed by atoms with Crippen molar-refractivity contribution in [3.63, 3.8) is 0 Å². The predicted octanol–water partition coefficient (Wildman–Crippen LogP) is 2.11. The summed E-state index contributed by atoms with van der Waals surface area (Å²) in [5.41, 5.74) is 2.28. The topological polar surface area (TPSA) is 64.1 Å². The van der Waals surface area contributed by atoms with Crippen molar-refractivity contribution < 1.29 is 14.2 Å². The van der Waals surface area contributed by atoms with Crippen LogP contribution in [0.5, 0.6) is 11.5 Å². The standard InChI is InChI=1S/C18H29N3O3/c1-6-23-16-8-14-7-13(3)24-17(14)9-15(16)10-20-18(19-4)21-12(2)11-22-5/h8-9,12-13H,6-7,10-11H2,1-5H3,(H2,19,20,21). The molecule has 0 amide bonds. The Kier molecular flexibility index (Phi) is 6.73. The lowest BCUT2D eigenvalue weighted by Gasteiger charge is -2.18. The third-order valence-electron chi connectivity index (χ3n) is 3.85. The Morgan fingerprint density at radius 2 is 2.25 bits per heavy atom. The Morgan fingerprint density at radius 1 is 1.46 bits per heavy atom. The van der Waals surface area contributed by atoms with Crippen molar-refractivity contribution >= 4 is 5.96 Å². The number of benzene rings is 1. The predicted molar refractivity (Wildman–Crippen MR) is 96.1 cm³/mol. The molecule has 2 N–H and O–H groups in total. The summed E-state index contributed by atoms with van der Waals surface area (Å²) < 4.78 is 16.8. The van der Waals surface area contributed by atoms with E-state index in [0.717, 1.165) is 29.4 Å². The largest absolute Gasteiger partial charge is 0.494 e. The third kappa shape index (κ3) is 4.77. The molecule has 0 saturated heterocycles. The van der Waals surface area contributed by atoms with E-state index < -0.39 is 0 Å². The maximum Gasteiger partial charge on any atom is 0.191 e. The van der Waals surface area contributed by atoms with Gasteiger partial charge in [0.25, 0.3) is 0 Å². The summed E-state index contributed by atoms with van der Waals surface area (Å²) in [5, 5.41) is 6.61. The van der Waals surface area contributed by atoms with Crippen molar-refractivity contribution in [3.8, 4) is 11.5 Å². The van der Waals surface area contributed by atoms with Crippen molar-refractivity contribution in [2.24, 2.45) is 4.99 Å². The highest BCUT2D eigenvalue weighted by molar-refractivity contribution is 5.80. The summed E-state index contributed by atoms with van der Waals surface area (Å²) in [6.07, 6.45) is 1.16. The van der Waals surface area contributed by atoms with Gasteiger partial charge in [-0.05, 0) is 32.9 Å². The molecule has 1 aliphatic rings. The number of fused-ring (bicyclic) bond motifs is 1. The van der Waals surface area contributed by atoms with Crippen LogP contribution in [0.15, 0.2) is 17.1 Å². The van der Waals surface area contributed by atoms with Crippen molar-refractivity contribution in [2.45, 2.75) is 45.9 Å². The van der Waals surface area contributed by atoms with Crippen LogP contribution in [0.3, 0.4) is 0 Å². The fourth-order valence-corrected chi connectivity index (χ4v) is 2.81. The van der Waals surface area contributed by atoms with Gasteiger partial charge in [-0.15, -0.1) is 0 Å². The van der Waals surface area contributed by atoms with Gasteiger partial charge in [0, 0.05) is 44.3 Å². The lowest BCUT2D eigenvalue weighted by atomic mass is 10.1. The van der Waals surface area contributed by atoms with Crippen molar-refractivity contribution in [1.29, 1.82) is 0 Å². The van der Waals surface area contributed by atoms with Crippen LogP contribution < -0.4 is 20.1 Å². The summed E-state index contributed by atoms with van der Waals surface area (Å²) in [5.74, 6) is 2.59. The highest BCUT2D eigenvalue weighted by Crippen LogP contribution is 2.35. The Bertz CT molecular complexity index is 575. The van der Waals surface area contributed by atoms with Crippen LogP contribution in [0.25, 0.3) is 0 Å². The van der Waals surface area contributed by atoms with Crippen LogP contribution in [-0.2, 0) is 17.7 Å². The molecule has 2 rings (SSSR count). The molecular formula is C18H29N3O3. The van der Waals surface area contributed by atoms with E-state index >= 15 is 0 Å². The summed E-state index contributed by atoms with van der Waals surface area (Å²) in [6.45, 7) is 8.00. The molecule has 0 saturated carbocycles. The van der Waals surface area contributed by atoms with Gasteiger partial charge < -0.3 is 24.8 Å². The molecule has 1 aromatic carbocycles. The second-order valence-electron chi connectivity index (χ2n) is 6.06. The maximum absolute atomic E-state index is 5.86. The molecule has 0 aromatic heterocycles. The first-order valence-electron chi connectivity index (χ1n) is 8.48. The van der Waals surface area contributed by atoms with E-state index in [4.69, 9.17) is 14.2 Å². The summed E-state index contributed by atoms with van der Waals surface area (Å²) in [6, 6.07) is 4.35. The summed E-state index contributed by atoms with van der Waals surface area (Å²) in [7, 11) is 3.44. The number of hydrogen-bond donors (Lipinski definition) is 2. The molecule has 0 bridgehead atoms. The van der Waals surface area contributed by atoms with Crippen LogP contribution in [-0.4, -0.2) is 45.5 Å². The van der Waals surface area contributed by atoms with E-state index in [-0.39, 0.29) is 12.1 Å². The fraction of sp³-hybridized carbons (Fsp3) is 0.611. The maximum atomic E-state index is 5.86. The Labute approximate surface area is 144 Å². The SMILES string of the molecule is CCOc1cc2c(cc1CNC(=NC)NC(C)COC)OC(C)C2. The zero-order valence-electron chi connectivity index (χ0n) is 15.3. The zero-order chi connectivity index (χ0) is 17.5. The number of nitrogens with one attached hydrogen (secondary N) is 2. The quantitative estimate of drug-likeness (QED) is 0.590. The van der Waals surface area contributed by atoms with Crippen molar-refractivity contribution in [1.82, 2.24) is 10.6 Å². The monoisotopic (exact) mass is 335 g/mol. The first kappa shape index (κ1) is 18.4. The van der Waals surface area contributed by atoms with Gasteiger partial charge in [-0.3, -0.25) is 4.99 Å². The van der Waals surface area contributed by atoms with Crippen molar-refractivity contribution in [2.75, 3.05) is 27.4 Å². The van der Waals surface area contributed by atoms with E-state index in [2.05, 4.69) is 34.7 Å². The molecule has 6 nitrogen and oxygen atoms in total. The molecular weight excluding hydrogens is 306 g/mol. The van der Waals surface area contributed by atoms with E-state index in [0.29, 0.717) is 19.8 Å². The molecule has 1 heterocycles. The van der Waals surface area contributed by atoms with Gasteiger partial charge in [-0.2, -0.15) is 0 Å². The smallest absolute Gasteiger partial charge is 0.191 e. The molecule has 1 aliphatic heterocycles. The number of ether oxygens (including phenoxy) is 3. The highest BCUT2D eigenvalue weighted by Gasteiger charge is 2.22. The number of hydrogen-bond acceptors (Lipinski definition) is 4. The average molecular weight is 335 g/mol. The van der Waals surface area contributed by atoms with Crippen LogP contribution in [0.4, 0.5) is 0 Å². The zero-order valence-corrected chi connectivity index (χ0v) is 15.3. The van der Waals surface area contributed by atoms with Crippen LogP contribution in [0.2, 0.25) is 0 Å². The molecule has 2 atom stereocenters. The fourth-order valence-electron chi connectivity index (χ4n) is 2.81. The summed E-state index contributed by atoms with van der Waals surface area (Å²) >= 11 is 0. The lowest BCUT2D eigenvalue weighted by molar-refractivity contribution is 0.179. The van der Waals surface area contributed by atoms with Gasteiger partial charge in [-0.25, -0.2) is 0 Å². The average Bonchev–Trinajstić information content (AvgIpc) is 2.90. The van der Waals surface area contributed by atoms with Crippen LogP contribution in [0, 0.1) is 0 Å². The first-order chi connectivity index (χ1) is 11.6. The third-order valence-corrected chi connectivity index (χ3v) is 3.85. The molecule has 0 fully saturated rings. The molecule has 1 aromatic rings. The molecule has 2 unspecified atom stereocenters. The molecule has 6 heteroatoms. The van der Waals surface area contributed by atoms with Gasteiger partial charge in [0.15, 0.2) is 5.96 Å². The molecule has 0 radical (unpaired) electrons. The normalized spacial score (nSPS) is 17.9. The van der Waals surface area contributed by atoms with Crippen molar-refractivity contribution in [3.05, 3.63) is 23.3 Å². The number of guanidine groups is 1. The van der Waals surface area contributed by atoms with Gasteiger partial charge in [-0.1, -0.05) is 0 Å². The van der Waals surface area contributed by atoms with Crippen LogP contribution >= 0.6 is 0 Å². The molecule has 0 aliphatic carbocycles.